The second kappa shape index (κ2) is 7.92. The Bertz CT molecular complexity index is 1200. The van der Waals surface area contributed by atoms with Crippen LogP contribution in [0.2, 0.25) is 0 Å². The monoisotopic (exact) mass is 411 g/mol. The van der Waals surface area contributed by atoms with Crippen molar-refractivity contribution in [2.75, 3.05) is 0 Å². The number of nitrogens with one attached hydrogen (secondary N) is 1. The van der Waals surface area contributed by atoms with Gasteiger partial charge < -0.3 is 9.72 Å². The molecule has 0 radical (unpaired) electrons. The van der Waals surface area contributed by atoms with Gasteiger partial charge in [0.2, 0.25) is 0 Å². The topological polar surface area (TPSA) is 63.5 Å². The minimum Gasteiger partial charge on any atom is -0.348 e. The Morgan fingerprint density at radius 2 is 1.72 bits per heavy atom. The van der Waals surface area contributed by atoms with Crippen LogP contribution in [0.15, 0.2) is 83.0 Å². The molecule has 146 valence electrons. The molecule has 1 N–H and O–H groups in total. The number of rotatable bonds is 5. The first kappa shape index (κ1) is 18.9. The summed E-state index contributed by atoms with van der Waals surface area (Å²) in [5.74, 6) is -1.79. The minimum absolute atomic E-state index is 0.0541. The van der Waals surface area contributed by atoms with Crippen molar-refractivity contribution in [2.24, 2.45) is 0 Å². The number of benzene rings is 2. The largest absolute Gasteiger partial charge is 0.348 e. The molecule has 4 aromatic rings. The summed E-state index contributed by atoms with van der Waals surface area (Å²) in [4.78, 5) is 16.9. The van der Waals surface area contributed by atoms with Crippen molar-refractivity contribution in [1.29, 1.82) is 0 Å². The summed E-state index contributed by atoms with van der Waals surface area (Å²) in [6.07, 6.45) is 5.11. The Kier molecular flexibility index (Phi) is 5.18. The van der Waals surface area contributed by atoms with Gasteiger partial charge in [-0.25, -0.2) is 18.0 Å². The zero-order valence-corrected chi connectivity index (χ0v) is 15.8. The predicted octanol–water partition coefficient (Wildman–Crippen LogP) is 3.71. The summed E-state index contributed by atoms with van der Waals surface area (Å²) < 4.78 is 40.9. The van der Waals surface area contributed by atoms with Crippen molar-refractivity contribution in [3.8, 4) is 0 Å². The number of imidazole rings is 1. The van der Waals surface area contributed by atoms with Gasteiger partial charge in [0.05, 0.1) is 16.4 Å². The van der Waals surface area contributed by atoms with E-state index in [1.54, 1.807) is 59.4 Å². The number of amides is 1. The van der Waals surface area contributed by atoms with Crippen molar-refractivity contribution in [1.82, 2.24) is 14.7 Å². The molecule has 0 bridgehead atoms. The maximum absolute atomic E-state index is 13.3. The maximum Gasteiger partial charge on any atom is 0.253 e. The van der Waals surface area contributed by atoms with Crippen molar-refractivity contribution in [2.45, 2.75) is 16.3 Å². The minimum atomic E-state index is -1.70. The average Bonchev–Trinajstić information content (AvgIpc) is 3.19. The third kappa shape index (κ3) is 4.22. The molecular formula is C21H15F2N3O2S. The molecule has 1 amide bonds. The normalized spacial score (nSPS) is 12.1. The Labute approximate surface area is 167 Å². The van der Waals surface area contributed by atoms with Crippen LogP contribution in [0.25, 0.3) is 5.65 Å². The van der Waals surface area contributed by atoms with Crippen LogP contribution in [0.5, 0.6) is 0 Å². The van der Waals surface area contributed by atoms with E-state index in [0.29, 0.717) is 10.5 Å². The highest BCUT2D eigenvalue weighted by Gasteiger charge is 2.11. The fourth-order valence-corrected chi connectivity index (χ4v) is 3.94. The number of carbonyl (C=O) groups is 1. The molecule has 0 unspecified atom stereocenters. The van der Waals surface area contributed by atoms with Gasteiger partial charge in [0, 0.05) is 41.0 Å². The van der Waals surface area contributed by atoms with E-state index in [9.17, 15) is 17.8 Å². The van der Waals surface area contributed by atoms with Gasteiger partial charge in [-0.3, -0.25) is 4.79 Å². The van der Waals surface area contributed by atoms with Gasteiger partial charge in [-0.15, -0.1) is 0 Å². The molecule has 2 aromatic heterocycles. The number of halogens is 2. The van der Waals surface area contributed by atoms with Gasteiger partial charge in [0.15, 0.2) is 0 Å². The van der Waals surface area contributed by atoms with Crippen LogP contribution in [0.3, 0.4) is 0 Å². The van der Waals surface area contributed by atoms with E-state index >= 15 is 0 Å². The van der Waals surface area contributed by atoms with E-state index in [4.69, 9.17) is 0 Å². The predicted molar refractivity (Wildman–Crippen MR) is 104 cm³/mol. The second-order valence-electron chi connectivity index (χ2n) is 6.31. The molecule has 0 saturated carbocycles. The number of carbonyl (C=O) groups excluding carboxylic acids is 1. The third-order valence-electron chi connectivity index (χ3n) is 4.29. The van der Waals surface area contributed by atoms with Crippen LogP contribution >= 0.6 is 0 Å². The van der Waals surface area contributed by atoms with Crippen molar-refractivity contribution >= 4 is 22.4 Å². The first-order valence-electron chi connectivity index (χ1n) is 8.67. The van der Waals surface area contributed by atoms with E-state index in [-0.39, 0.29) is 17.3 Å². The van der Waals surface area contributed by atoms with E-state index in [1.807, 2.05) is 0 Å². The molecule has 5 nitrogen and oxygen atoms in total. The number of hydrogen-bond acceptors (Lipinski definition) is 3. The SMILES string of the molecule is O=C(NCc1ccc([S@@](=O)c2cc(F)cc(F)c2)cc1)c1ccc2nccn2c1. The van der Waals surface area contributed by atoms with Crippen LogP contribution in [-0.2, 0) is 17.3 Å². The van der Waals surface area contributed by atoms with Gasteiger partial charge in [-0.2, -0.15) is 0 Å². The zero-order valence-electron chi connectivity index (χ0n) is 15.0. The van der Waals surface area contributed by atoms with Crippen LogP contribution in [0.1, 0.15) is 15.9 Å². The Morgan fingerprint density at radius 3 is 2.45 bits per heavy atom. The summed E-state index contributed by atoms with van der Waals surface area (Å²) in [6, 6.07) is 12.9. The third-order valence-corrected chi connectivity index (χ3v) is 5.66. The standard InChI is InChI=1S/C21H15F2N3O2S/c22-16-9-17(23)11-19(10-16)29(28)18-4-1-14(2-5-18)12-25-21(27)15-3-6-20-24-7-8-26(20)13-15/h1-11,13H,12H2,(H,25,27)/t29-/m1/s1. The molecular weight excluding hydrogens is 396 g/mol. The molecule has 0 fully saturated rings. The summed E-state index contributed by atoms with van der Waals surface area (Å²) in [5.41, 5.74) is 2.05. The first-order chi connectivity index (χ1) is 14.0. The summed E-state index contributed by atoms with van der Waals surface area (Å²) >= 11 is 0. The number of aromatic nitrogens is 2. The van der Waals surface area contributed by atoms with Gasteiger partial charge in [0.1, 0.15) is 17.3 Å². The van der Waals surface area contributed by atoms with E-state index < -0.39 is 22.4 Å². The molecule has 4 rings (SSSR count). The number of hydrogen-bond donors (Lipinski definition) is 1. The molecule has 2 aromatic carbocycles. The first-order valence-corrected chi connectivity index (χ1v) is 9.82. The van der Waals surface area contributed by atoms with Crippen molar-refractivity contribution in [3.05, 3.63) is 95.9 Å². The molecule has 0 aliphatic carbocycles. The lowest BCUT2D eigenvalue weighted by Crippen LogP contribution is -2.23. The maximum atomic E-state index is 13.3. The summed E-state index contributed by atoms with van der Waals surface area (Å²) in [5, 5.41) is 2.82. The van der Waals surface area contributed by atoms with Crippen molar-refractivity contribution < 1.29 is 17.8 Å². The van der Waals surface area contributed by atoms with Crippen LogP contribution in [-0.4, -0.2) is 19.5 Å². The number of nitrogens with zero attached hydrogens (tertiary/aromatic N) is 2. The Hall–Kier alpha value is -3.39. The van der Waals surface area contributed by atoms with E-state index in [2.05, 4.69) is 10.3 Å². The van der Waals surface area contributed by atoms with Crippen LogP contribution in [0.4, 0.5) is 8.78 Å². The Balaban J connectivity index is 1.42. The van der Waals surface area contributed by atoms with Gasteiger partial charge in [0.25, 0.3) is 5.91 Å². The molecule has 8 heteroatoms. The Morgan fingerprint density at radius 1 is 1.00 bits per heavy atom. The molecule has 0 spiro atoms. The fourth-order valence-electron chi connectivity index (χ4n) is 2.84. The fraction of sp³-hybridized carbons (Fsp3) is 0.0476. The van der Waals surface area contributed by atoms with E-state index in [0.717, 1.165) is 29.4 Å². The molecule has 1 atom stereocenters. The second-order valence-corrected chi connectivity index (χ2v) is 7.79. The molecule has 0 aliphatic rings. The zero-order chi connectivity index (χ0) is 20.4. The number of pyridine rings is 1. The van der Waals surface area contributed by atoms with Gasteiger partial charge in [-0.1, -0.05) is 12.1 Å². The highest BCUT2D eigenvalue weighted by atomic mass is 32.2. The lowest BCUT2D eigenvalue weighted by Gasteiger charge is -2.08. The van der Waals surface area contributed by atoms with Gasteiger partial charge in [-0.05, 0) is 42.0 Å². The summed E-state index contributed by atoms with van der Waals surface area (Å²) in [6.45, 7) is 0.280. The quantitative estimate of drug-likeness (QED) is 0.545. The lowest BCUT2D eigenvalue weighted by atomic mass is 10.2. The van der Waals surface area contributed by atoms with E-state index in [1.165, 1.54) is 0 Å². The molecule has 0 aliphatic heterocycles. The highest BCUT2D eigenvalue weighted by Crippen LogP contribution is 2.19. The smallest absolute Gasteiger partial charge is 0.253 e. The van der Waals surface area contributed by atoms with Crippen molar-refractivity contribution in [3.63, 3.8) is 0 Å². The summed E-state index contributed by atoms with van der Waals surface area (Å²) in [7, 11) is -1.70. The molecule has 2 heterocycles. The lowest BCUT2D eigenvalue weighted by molar-refractivity contribution is 0.0950. The molecule has 29 heavy (non-hydrogen) atoms. The highest BCUT2D eigenvalue weighted by molar-refractivity contribution is 7.85. The van der Waals surface area contributed by atoms with Gasteiger partial charge >= 0.3 is 0 Å². The van der Waals surface area contributed by atoms with Crippen LogP contribution < -0.4 is 5.32 Å². The van der Waals surface area contributed by atoms with Crippen LogP contribution in [0, 0.1) is 11.6 Å². The average molecular weight is 411 g/mol. The molecule has 0 saturated heterocycles. The number of fused-ring (bicyclic) bond motifs is 1.